The summed E-state index contributed by atoms with van der Waals surface area (Å²) in [5.41, 5.74) is 14.5. The number of hydrogen-bond donors (Lipinski definition) is 0. The lowest BCUT2D eigenvalue weighted by atomic mass is 10.0. The van der Waals surface area contributed by atoms with E-state index in [-0.39, 0.29) is 0 Å². The van der Waals surface area contributed by atoms with Crippen molar-refractivity contribution in [1.29, 1.82) is 0 Å². The quantitative estimate of drug-likeness (QED) is 0.177. The third kappa shape index (κ3) is 4.95. The molecule has 0 N–H and O–H groups in total. The number of allylic oxidation sites excluding steroid dienone is 4. The first-order valence-corrected chi connectivity index (χ1v) is 19.6. The highest BCUT2D eigenvalue weighted by molar-refractivity contribution is 6.13. The van der Waals surface area contributed by atoms with Crippen LogP contribution in [-0.2, 0) is 0 Å². The second-order valence-corrected chi connectivity index (χ2v) is 14.9. The second kappa shape index (κ2) is 12.5. The Balaban J connectivity index is 1.07. The molecule has 0 spiro atoms. The molecule has 1 aliphatic carbocycles. The van der Waals surface area contributed by atoms with Gasteiger partial charge in [0.1, 0.15) is 16.8 Å². The smallest absolute Gasteiger partial charge is 0.180 e. The number of furan rings is 1. The van der Waals surface area contributed by atoms with Gasteiger partial charge in [0.15, 0.2) is 11.4 Å². The molecule has 268 valence electrons. The first-order valence-electron chi connectivity index (χ1n) is 19.6. The number of rotatable bonds is 5. The summed E-state index contributed by atoms with van der Waals surface area (Å²) < 4.78 is 11.5. The van der Waals surface area contributed by atoms with Crippen LogP contribution in [0.3, 0.4) is 0 Å². The van der Waals surface area contributed by atoms with Gasteiger partial charge in [0, 0.05) is 49.4 Å². The number of nitrogens with zero attached hydrogens (tertiary/aromatic N) is 4. The fraction of sp³-hybridized carbons (Fsp3) is 0.0385. The SMILES string of the molecule is C1=CCCC(n2c3ccccc3c3ccc(-c4ccc5c6ccccc6n(-c6ccc7oc8c(-c9ccccc9)nc(-c9ccccc9)nc8c7c6)c5c4)cc32)=C1. The average molecular weight is 731 g/mol. The Morgan fingerprint density at radius 3 is 1.77 bits per heavy atom. The van der Waals surface area contributed by atoms with Gasteiger partial charge in [-0.3, -0.25) is 0 Å². The summed E-state index contributed by atoms with van der Waals surface area (Å²) in [6, 6.07) is 58.2. The Labute approximate surface area is 328 Å². The van der Waals surface area contributed by atoms with E-state index in [4.69, 9.17) is 14.4 Å². The Bertz CT molecular complexity index is 3460. The first-order chi connectivity index (χ1) is 28.3. The summed E-state index contributed by atoms with van der Waals surface area (Å²) in [6.07, 6.45) is 8.78. The fourth-order valence-electron chi connectivity index (χ4n) is 8.94. The van der Waals surface area contributed by atoms with Crippen molar-refractivity contribution in [1.82, 2.24) is 19.1 Å². The lowest BCUT2D eigenvalue weighted by molar-refractivity contribution is 0.667. The highest BCUT2D eigenvalue weighted by Crippen LogP contribution is 2.41. The van der Waals surface area contributed by atoms with Crippen LogP contribution in [0, 0.1) is 0 Å². The van der Waals surface area contributed by atoms with Gasteiger partial charge in [-0.1, -0.05) is 133 Å². The van der Waals surface area contributed by atoms with E-state index in [2.05, 4.69) is 155 Å². The van der Waals surface area contributed by atoms with Crippen molar-refractivity contribution in [3.63, 3.8) is 0 Å². The molecule has 0 amide bonds. The van der Waals surface area contributed by atoms with Crippen LogP contribution in [-0.4, -0.2) is 19.1 Å². The van der Waals surface area contributed by atoms with Crippen LogP contribution in [0.5, 0.6) is 0 Å². The zero-order valence-corrected chi connectivity index (χ0v) is 30.9. The molecule has 0 atom stereocenters. The summed E-state index contributed by atoms with van der Waals surface area (Å²) >= 11 is 0. The minimum absolute atomic E-state index is 0.670. The molecule has 7 aromatic carbocycles. The molecular weight excluding hydrogens is 697 g/mol. The zero-order chi connectivity index (χ0) is 37.5. The normalized spacial score (nSPS) is 13.2. The molecule has 0 saturated heterocycles. The van der Waals surface area contributed by atoms with E-state index in [1.807, 2.05) is 36.4 Å². The molecule has 4 heterocycles. The number of para-hydroxylation sites is 2. The van der Waals surface area contributed by atoms with Crippen molar-refractivity contribution in [3.05, 3.63) is 182 Å². The molecular formula is C52H34N4O. The number of aromatic nitrogens is 4. The van der Waals surface area contributed by atoms with Crippen molar-refractivity contribution in [2.75, 3.05) is 0 Å². The molecule has 0 aliphatic heterocycles. The van der Waals surface area contributed by atoms with Crippen LogP contribution in [0.15, 0.2) is 186 Å². The molecule has 12 rings (SSSR count). The van der Waals surface area contributed by atoms with Gasteiger partial charge in [0.05, 0.1) is 22.1 Å². The Kier molecular flexibility index (Phi) is 6.99. The Morgan fingerprint density at radius 2 is 1.09 bits per heavy atom. The number of benzene rings is 7. The Morgan fingerprint density at radius 1 is 0.474 bits per heavy atom. The second-order valence-electron chi connectivity index (χ2n) is 14.9. The molecule has 5 heteroatoms. The average Bonchev–Trinajstić information content (AvgIpc) is 3.94. The van der Waals surface area contributed by atoms with E-state index in [0.29, 0.717) is 11.4 Å². The first kappa shape index (κ1) is 31.8. The molecule has 0 fully saturated rings. The van der Waals surface area contributed by atoms with Crippen molar-refractivity contribution in [2.45, 2.75) is 12.8 Å². The summed E-state index contributed by atoms with van der Waals surface area (Å²) in [5, 5.41) is 5.93. The van der Waals surface area contributed by atoms with E-state index in [9.17, 15) is 0 Å². The molecule has 0 bridgehead atoms. The largest absolute Gasteiger partial charge is 0.452 e. The van der Waals surface area contributed by atoms with Gasteiger partial charge >= 0.3 is 0 Å². The van der Waals surface area contributed by atoms with Gasteiger partial charge in [-0.05, 0) is 72.5 Å². The van der Waals surface area contributed by atoms with Gasteiger partial charge in [-0.25, -0.2) is 9.97 Å². The predicted molar refractivity (Wildman–Crippen MR) is 236 cm³/mol. The third-order valence-corrected chi connectivity index (χ3v) is 11.6. The van der Waals surface area contributed by atoms with Crippen LogP contribution >= 0.6 is 0 Å². The summed E-state index contributed by atoms with van der Waals surface area (Å²) in [4.78, 5) is 10.3. The fourth-order valence-corrected chi connectivity index (χ4v) is 8.94. The van der Waals surface area contributed by atoms with E-state index < -0.39 is 0 Å². The van der Waals surface area contributed by atoms with Gasteiger partial charge < -0.3 is 13.6 Å². The zero-order valence-electron chi connectivity index (χ0n) is 30.9. The molecule has 0 radical (unpaired) electrons. The van der Waals surface area contributed by atoms with Crippen molar-refractivity contribution >= 4 is 71.4 Å². The molecule has 0 saturated carbocycles. The van der Waals surface area contributed by atoms with E-state index in [1.165, 1.54) is 49.4 Å². The van der Waals surface area contributed by atoms with E-state index >= 15 is 0 Å². The van der Waals surface area contributed by atoms with Gasteiger partial charge in [0.25, 0.3) is 0 Å². The molecule has 4 aromatic heterocycles. The van der Waals surface area contributed by atoms with Crippen LogP contribution < -0.4 is 0 Å². The maximum atomic E-state index is 6.62. The van der Waals surface area contributed by atoms with Crippen LogP contribution in [0.4, 0.5) is 0 Å². The minimum Gasteiger partial charge on any atom is -0.452 e. The lowest BCUT2D eigenvalue weighted by Crippen LogP contribution is -1.98. The minimum atomic E-state index is 0.670. The van der Waals surface area contributed by atoms with Crippen LogP contribution in [0.2, 0.25) is 0 Å². The molecule has 11 aromatic rings. The van der Waals surface area contributed by atoms with Crippen molar-refractivity contribution in [3.8, 4) is 39.5 Å². The maximum absolute atomic E-state index is 6.62. The molecule has 0 unspecified atom stereocenters. The maximum Gasteiger partial charge on any atom is 0.180 e. The topological polar surface area (TPSA) is 48.8 Å². The molecule has 5 nitrogen and oxygen atoms in total. The molecule has 57 heavy (non-hydrogen) atoms. The summed E-state index contributed by atoms with van der Waals surface area (Å²) in [6.45, 7) is 0. The highest BCUT2D eigenvalue weighted by Gasteiger charge is 2.21. The summed E-state index contributed by atoms with van der Waals surface area (Å²) in [7, 11) is 0. The predicted octanol–water partition coefficient (Wildman–Crippen LogP) is 13.8. The lowest BCUT2D eigenvalue weighted by Gasteiger charge is -2.14. The van der Waals surface area contributed by atoms with Gasteiger partial charge in [-0.15, -0.1) is 0 Å². The number of fused-ring (bicyclic) bond motifs is 9. The van der Waals surface area contributed by atoms with E-state index in [1.54, 1.807) is 0 Å². The number of hydrogen-bond acceptors (Lipinski definition) is 3. The standard InChI is InChI=1S/C52H34N4O/c1-4-14-33(15-5-1)49-51-50(54-52(53-49)34-16-6-2-7-17-34)43-32-38(26-29-48(43)57-51)56-45-23-13-11-21-40(45)42-28-25-36(31-47(42)56)35-24-27-41-39-20-10-12-22-44(39)55(46(41)30-35)37-18-8-3-9-19-37/h1-8,10-18,20-32H,9,19H2. The molecule has 1 aliphatic rings. The highest BCUT2D eigenvalue weighted by atomic mass is 16.3. The van der Waals surface area contributed by atoms with Gasteiger partial charge in [-0.2, -0.15) is 0 Å². The van der Waals surface area contributed by atoms with Crippen LogP contribution in [0.1, 0.15) is 12.8 Å². The van der Waals surface area contributed by atoms with Crippen molar-refractivity contribution in [2.24, 2.45) is 0 Å². The monoisotopic (exact) mass is 730 g/mol. The van der Waals surface area contributed by atoms with Crippen molar-refractivity contribution < 1.29 is 4.42 Å². The Hall–Kier alpha value is -7.50. The van der Waals surface area contributed by atoms with Gasteiger partial charge in [0.2, 0.25) is 0 Å². The van der Waals surface area contributed by atoms with Crippen LogP contribution in [0.25, 0.3) is 111 Å². The summed E-state index contributed by atoms with van der Waals surface area (Å²) in [5.74, 6) is 0.670. The third-order valence-electron chi connectivity index (χ3n) is 11.6. The van der Waals surface area contributed by atoms with E-state index in [0.717, 1.165) is 62.9 Å².